The van der Waals surface area contributed by atoms with E-state index in [1.165, 1.54) is 7.11 Å². The van der Waals surface area contributed by atoms with E-state index in [2.05, 4.69) is 10.1 Å². The first-order chi connectivity index (χ1) is 9.93. The average molecular weight is 295 g/mol. The Hall–Kier alpha value is -2.08. The summed E-state index contributed by atoms with van der Waals surface area (Å²) in [4.78, 5) is 22.9. The van der Waals surface area contributed by atoms with Gasteiger partial charge in [0, 0.05) is 5.56 Å². The molecule has 0 radical (unpaired) electrons. The molecule has 116 valence electrons. The van der Waals surface area contributed by atoms with E-state index in [4.69, 9.17) is 4.74 Å². The fourth-order valence-corrected chi connectivity index (χ4v) is 1.50. The summed E-state index contributed by atoms with van der Waals surface area (Å²) in [6.45, 7) is 4.42. The number of esters is 1. The van der Waals surface area contributed by atoms with Crippen molar-refractivity contribution in [3.8, 4) is 5.75 Å². The number of nitrogens with one attached hydrogen (secondary N) is 1. The molecule has 1 amide bonds. The molecule has 1 aromatic rings. The number of carbonyl (C=O) groups is 2. The number of aliphatic hydroxyl groups excluding tert-OH is 1. The molecule has 6 nitrogen and oxygen atoms in total. The Morgan fingerprint density at radius 3 is 2.67 bits per heavy atom. The second kappa shape index (κ2) is 8.26. The third-order valence-electron chi connectivity index (χ3n) is 2.61. The van der Waals surface area contributed by atoms with Gasteiger partial charge in [0.25, 0.3) is 5.91 Å². The Morgan fingerprint density at radius 1 is 1.33 bits per heavy atom. The minimum Gasteiger partial charge on any atom is -0.493 e. The topological polar surface area (TPSA) is 84.9 Å². The molecule has 0 fully saturated rings. The van der Waals surface area contributed by atoms with Crippen LogP contribution in [0.25, 0.3) is 0 Å². The predicted octanol–water partition coefficient (Wildman–Crippen LogP) is 0.985. The Kier molecular flexibility index (Phi) is 6.68. The number of benzene rings is 1. The monoisotopic (exact) mass is 295 g/mol. The lowest BCUT2D eigenvalue weighted by Crippen LogP contribution is -2.37. The smallest absolute Gasteiger partial charge is 0.336 e. The fourth-order valence-electron chi connectivity index (χ4n) is 1.50. The lowest BCUT2D eigenvalue weighted by atomic mass is 10.2. The van der Waals surface area contributed by atoms with E-state index in [-0.39, 0.29) is 6.54 Å². The highest BCUT2D eigenvalue weighted by Crippen LogP contribution is 2.14. The van der Waals surface area contributed by atoms with Crippen LogP contribution in [0, 0.1) is 5.92 Å². The number of aliphatic hydroxyl groups is 1. The molecule has 1 unspecified atom stereocenters. The Balaban J connectivity index is 2.58. The number of carbonyl (C=O) groups excluding carboxylic acids is 2. The molecule has 0 aliphatic heterocycles. The SMILES string of the molecule is COC(=O)C(O)CNC(=O)c1cccc(OCC(C)C)c1. The molecule has 0 spiro atoms. The van der Waals surface area contributed by atoms with Crippen LogP contribution in [0.4, 0.5) is 0 Å². The van der Waals surface area contributed by atoms with Gasteiger partial charge in [0.1, 0.15) is 5.75 Å². The highest BCUT2D eigenvalue weighted by atomic mass is 16.5. The zero-order valence-corrected chi connectivity index (χ0v) is 12.5. The molecule has 0 bridgehead atoms. The highest BCUT2D eigenvalue weighted by molar-refractivity contribution is 5.94. The summed E-state index contributed by atoms with van der Waals surface area (Å²) in [5.41, 5.74) is 0.397. The van der Waals surface area contributed by atoms with Gasteiger partial charge in [-0.3, -0.25) is 4.79 Å². The third kappa shape index (κ3) is 5.83. The number of hydrogen-bond acceptors (Lipinski definition) is 5. The molecule has 0 aromatic heterocycles. The van der Waals surface area contributed by atoms with Crippen molar-refractivity contribution < 1.29 is 24.2 Å². The largest absolute Gasteiger partial charge is 0.493 e. The van der Waals surface area contributed by atoms with E-state index in [1.54, 1.807) is 24.3 Å². The minimum atomic E-state index is -1.38. The van der Waals surface area contributed by atoms with Gasteiger partial charge in [-0.15, -0.1) is 0 Å². The number of rotatable bonds is 7. The van der Waals surface area contributed by atoms with Gasteiger partial charge in [-0.25, -0.2) is 4.79 Å². The van der Waals surface area contributed by atoms with E-state index in [0.717, 1.165) is 0 Å². The molecule has 1 atom stereocenters. The maximum Gasteiger partial charge on any atom is 0.336 e. The van der Waals surface area contributed by atoms with E-state index in [9.17, 15) is 14.7 Å². The van der Waals surface area contributed by atoms with E-state index >= 15 is 0 Å². The van der Waals surface area contributed by atoms with Crippen LogP contribution in [-0.2, 0) is 9.53 Å². The zero-order valence-electron chi connectivity index (χ0n) is 12.5. The van der Waals surface area contributed by atoms with Crippen molar-refractivity contribution in [1.29, 1.82) is 0 Å². The van der Waals surface area contributed by atoms with Crippen LogP contribution in [0.15, 0.2) is 24.3 Å². The molecule has 0 aliphatic rings. The maximum absolute atomic E-state index is 11.9. The average Bonchev–Trinajstić information content (AvgIpc) is 2.49. The van der Waals surface area contributed by atoms with E-state index in [1.807, 2.05) is 13.8 Å². The second-order valence-electron chi connectivity index (χ2n) is 4.98. The Morgan fingerprint density at radius 2 is 2.05 bits per heavy atom. The molecule has 0 saturated carbocycles. The summed E-state index contributed by atoms with van der Waals surface area (Å²) in [5.74, 6) is -0.195. The standard InChI is InChI=1S/C15H21NO5/c1-10(2)9-21-12-6-4-5-11(7-12)14(18)16-8-13(17)15(19)20-3/h4-7,10,13,17H,8-9H2,1-3H3,(H,16,18). The second-order valence-corrected chi connectivity index (χ2v) is 4.98. The molecule has 0 saturated heterocycles. The fraction of sp³-hybridized carbons (Fsp3) is 0.467. The summed E-state index contributed by atoms with van der Waals surface area (Å²) >= 11 is 0. The van der Waals surface area contributed by atoms with Crippen molar-refractivity contribution in [2.45, 2.75) is 20.0 Å². The first-order valence-corrected chi connectivity index (χ1v) is 6.71. The van der Waals surface area contributed by atoms with E-state index in [0.29, 0.717) is 23.8 Å². The van der Waals surface area contributed by atoms with Crippen LogP contribution >= 0.6 is 0 Å². The number of hydrogen-bond donors (Lipinski definition) is 2. The maximum atomic E-state index is 11.9. The van der Waals surface area contributed by atoms with Crippen molar-refractivity contribution in [2.75, 3.05) is 20.3 Å². The molecule has 0 aliphatic carbocycles. The van der Waals surface area contributed by atoms with Crippen LogP contribution < -0.4 is 10.1 Å². The van der Waals surface area contributed by atoms with Crippen LogP contribution in [0.2, 0.25) is 0 Å². The van der Waals surface area contributed by atoms with Gasteiger partial charge < -0.3 is 19.9 Å². The predicted molar refractivity (Wildman–Crippen MR) is 77.1 cm³/mol. The van der Waals surface area contributed by atoms with Gasteiger partial charge in [-0.2, -0.15) is 0 Å². The summed E-state index contributed by atoms with van der Waals surface area (Å²) in [6.07, 6.45) is -1.38. The summed E-state index contributed by atoms with van der Waals surface area (Å²) in [5, 5.41) is 11.9. The molecule has 6 heteroatoms. The molecule has 21 heavy (non-hydrogen) atoms. The third-order valence-corrected chi connectivity index (χ3v) is 2.61. The molecule has 0 heterocycles. The Labute approximate surface area is 124 Å². The van der Waals surface area contributed by atoms with Gasteiger partial charge >= 0.3 is 5.97 Å². The molecule has 1 aromatic carbocycles. The summed E-state index contributed by atoms with van der Waals surface area (Å²) < 4.78 is 9.90. The summed E-state index contributed by atoms with van der Waals surface area (Å²) in [7, 11) is 1.17. The number of methoxy groups -OCH3 is 1. The first-order valence-electron chi connectivity index (χ1n) is 6.71. The lowest BCUT2D eigenvalue weighted by Gasteiger charge is -2.11. The summed E-state index contributed by atoms with van der Waals surface area (Å²) in [6, 6.07) is 6.72. The van der Waals surface area contributed by atoms with Gasteiger partial charge in [0.2, 0.25) is 0 Å². The van der Waals surface area contributed by atoms with Gasteiger partial charge in [-0.05, 0) is 24.1 Å². The molecule has 1 rings (SSSR count). The minimum absolute atomic E-state index is 0.206. The van der Waals surface area contributed by atoms with Crippen LogP contribution in [0.5, 0.6) is 5.75 Å². The van der Waals surface area contributed by atoms with Gasteiger partial charge in [0.15, 0.2) is 6.10 Å². The van der Waals surface area contributed by atoms with Crippen molar-refractivity contribution in [3.63, 3.8) is 0 Å². The molecule has 2 N–H and O–H groups in total. The van der Waals surface area contributed by atoms with Crippen molar-refractivity contribution in [2.24, 2.45) is 5.92 Å². The zero-order chi connectivity index (χ0) is 15.8. The Bertz CT molecular complexity index is 487. The number of ether oxygens (including phenoxy) is 2. The quantitative estimate of drug-likeness (QED) is 0.733. The highest BCUT2D eigenvalue weighted by Gasteiger charge is 2.16. The van der Waals surface area contributed by atoms with E-state index < -0.39 is 18.0 Å². The van der Waals surface area contributed by atoms with Gasteiger partial charge in [-0.1, -0.05) is 19.9 Å². The lowest BCUT2D eigenvalue weighted by molar-refractivity contribution is -0.149. The first kappa shape index (κ1) is 17.0. The number of amides is 1. The van der Waals surface area contributed by atoms with Gasteiger partial charge in [0.05, 0.1) is 20.3 Å². The molecular weight excluding hydrogens is 274 g/mol. The van der Waals surface area contributed by atoms with Crippen molar-refractivity contribution >= 4 is 11.9 Å². The normalized spacial score (nSPS) is 11.9. The molecular formula is C15H21NO5. The van der Waals surface area contributed by atoms with Crippen molar-refractivity contribution in [1.82, 2.24) is 5.32 Å². The van der Waals surface area contributed by atoms with Crippen molar-refractivity contribution in [3.05, 3.63) is 29.8 Å². The van der Waals surface area contributed by atoms with Crippen LogP contribution in [0.1, 0.15) is 24.2 Å². The van der Waals surface area contributed by atoms with Crippen LogP contribution in [0.3, 0.4) is 0 Å². The van der Waals surface area contributed by atoms with Crippen LogP contribution in [-0.4, -0.2) is 43.3 Å².